The first-order chi connectivity index (χ1) is 15.7. The number of nitrogens with zero attached hydrogens (tertiary/aromatic N) is 3. The summed E-state index contributed by atoms with van der Waals surface area (Å²) < 4.78 is 2.09. The van der Waals surface area contributed by atoms with Gasteiger partial charge in [-0.3, -0.25) is 9.98 Å². The van der Waals surface area contributed by atoms with Gasteiger partial charge in [0.25, 0.3) is 0 Å². The maximum atomic E-state index is 5.22. The first kappa shape index (κ1) is 24.7. The summed E-state index contributed by atoms with van der Waals surface area (Å²) in [7, 11) is 3.91. The fourth-order valence-electron chi connectivity index (χ4n) is 4.88. The van der Waals surface area contributed by atoms with Gasteiger partial charge in [-0.25, -0.2) is 0 Å². The number of aromatic nitrogens is 2. The van der Waals surface area contributed by atoms with E-state index >= 15 is 0 Å². The summed E-state index contributed by atoms with van der Waals surface area (Å²) in [5, 5.41) is 0. The molecule has 1 saturated carbocycles. The van der Waals surface area contributed by atoms with Crippen LogP contribution in [0.4, 0.5) is 0 Å². The average Bonchev–Trinajstić information content (AvgIpc) is 3.49. The van der Waals surface area contributed by atoms with E-state index in [2.05, 4.69) is 84.5 Å². The molecule has 0 spiro atoms. The van der Waals surface area contributed by atoms with Crippen molar-refractivity contribution in [2.24, 2.45) is 18.0 Å². The Morgan fingerprint density at radius 2 is 1.91 bits per heavy atom. The van der Waals surface area contributed by atoms with Crippen LogP contribution in [0.5, 0.6) is 0 Å². The monoisotopic (exact) mass is 443 g/mol. The van der Waals surface area contributed by atoms with Gasteiger partial charge in [0.15, 0.2) is 0 Å². The highest BCUT2D eigenvalue weighted by Crippen LogP contribution is 2.31. The smallest absolute Gasteiger partial charge is 0.0705 e. The number of hydrogen-bond acceptors (Lipinski definition) is 2. The molecule has 0 unspecified atom stereocenters. The molecule has 1 fully saturated rings. The Bertz CT molecular complexity index is 1100. The fourth-order valence-corrected chi connectivity index (χ4v) is 4.88. The molecule has 1 aromatic carbocycles. The van der Waals surface area contributed by atoms with Crippen LogP contribution in [-0.4, -0.2) is 22.8 Å². The summed E-state index contributed by atoms with van der Waals surface area (Å²) >= 11 is 0. The SMILES string of the molecule is C.CC/C=C(\C=NC)c1ccc(-c2cccc(-c3ccn(C)c3)c2)nc1CCC1CCCC1.[HH]. The van der Waals surface area contributed by atoms with Crippen LogP contribution in [-0.2, 0) is 13.5 Å². The second-order valence-electron chi connectivity index (χ2n) is 8.98. The van der Waals surface area contributed by atoms with Crippen molar-refractivity contribution in [3.63, 3.8) is 0 Å². The van der Waals surface area contributed by atoms with Crippen molar-refractivity contribution in [3.05, 3.63) is 72.2 Å². The normalized spacial score (nSPS) is 14.7. The van der Waals surface area contributed by atoms with E-state index in [1.165, 1.54) is 65.6 Å². The summed E-state index contributed by atoms with van der Waals surface area (Å²) in [5.74, 6) is 0.855. The molecule has 0 N–H and O–H groups in total. The van der Waals surface area contributed by atoms with Crippen molar-refractivity contribution in [2.75, 3.05) is 7.05 Å². The minimum atomic E-state index is 0. The molecule has 4 rings (SSSR count). The Labute approximate surface area is 201 Å². The summed E-state index contributed by atoms with van der Waals surface area (Å²) in [4.78, 5) is 9.54. The van der Waals surface area contributed by atoms with E-state index in [9.17, 15) is 0 Å². The van der Waals surface area contributed by atoms with Gasteiger partial charge in [0, 0.05) is 51.0 Å². The molecule has 0 saturated heterocycles. The Hall–Kier alpha value is -2.94. The summed E-state index contributed by atoms with van der Waals surface area (Å²) in [5.41, 5.74) is 8.32. The largest absolute Gasteiger partial charge is 0.357 e. The summed E-state index contributed by atoms with van der Waals surface area (Å²) in [6.45, 7) is 2.18. The number of aliphatic imine (C=N–C) groups is 1. The number of pyridine rings is 1. The van der Waals surface area contributed by atoms with Gasteiger partial charge >= 0.3 is 0 Å². The Balaban J connectivity index is 0.00000204. The second kappa shape index (κ2) is 11.8. The van der Waals surface area contributed by atoms with E-state index in [0.29, 0.717) is 0 Å². The third-order valence-electron chi connectivity index (χ3n) is 6.57. The average molecular weight is 444 g/mol. The lowest BCUT2D eigenvalue weighted by atomic mass is 9.94. The van der Waals surface area contributed by atoms with E-state index in [4.69, 9.17) is 4.98 Å². The molecule has 1 aliphatic carbocycles. The van der Waals surface area contributed by atoms with Crippen molar-refractivity contribution in [3.8, 4) is 22.4 Å². The lowest BCUT2D eigenvalue weighted by molar-refractivity contribution is 0.500. The van der Waals surface area contributed by atoms with E-state index in [0.717, 1.165) is 24.5 Å². The van der Waals surface area contributed by atoms with Crippen molar-refractivity contribution >= 4 is 11.8 Å². The second-order valence-corrected chi connectivity index (χ2v) is 8.98. The number of rotatable bonds is 8. The first-order valence-electron chi connectivity index (χ1n) is 12.0. The molecule has 3 aromatic rings. The van der Waals surface area contributed by atoms with Gasteiger partial charge < -0.3 is 4.57 Å². The maximum absolute atomic E-state index is 5.22. The molecular formula is C30H41N3. The zero-order valence-electron chi connectivity index (χ0n) is 19.7. The Morgan fingerprint density at radius 3 is 2.61 bits per heavy atom. The molecule has 0 radical (unpaired) electrons. The van der Waals surface area contributed by atoms with Gasteiger partial charge in [-0.15, -0.1) is 0 Å². The molecule has 0 aliphatic heterocycles. The van der Waals surface area contributed by atoms with Crippen LogP contribution in [0.2, 0.25) is 0 Å². The summed E-state index contributed by atoms with van der Waals surface area (Å²) in [6, 6.07) is 15.3. The standard InChI is InChI=1S/C29H35N3.CH4.H2/c1-4-8-25(20-30-2)27-14-16-28(31-29(27)15-13-22-9-5-6-10-22)24-12-7-11-23(19-24)26-17-18-32(3)21-26;;/h7-8,11-12,14,16-22H,4-6,9-10,13,15H2,1-3H3;1H4;1H/b25-8+,30-20?;;. The van der Waals surface area contributed by atoms with Gasteiger partial charge in [-0.05, 0) is 60.1 Å². The van der Waals surface area contributed by atoms with Gasteiger partial charge in [0.05, 0.1) is 5.69 Å². The molecule has 33 heavy (non-hydrogen) atoms. The predicted octanol–water partition coefficient (Wildman–Crippen LogP) is 8.25. The number of hydrogen-bond donors (Lipinski definition) is 0. The zero-order chi connectivity index (χ0) is 22.3. The lowest BCUT2D eigenvalue weighted by Crippen LogP contribution is -2.04. The predicted molar refractivity (Wildman–Crippen MR) is 146 cm³/mol. The third kappa shape index (κ3) is 6.10. The minimum Gasteiger partial charge on any atom is -0.357 e. The number of aryl methyl sites for hydroxylation is 2. The molecule has 2 aromatic heterocycles. The van der Waals surface area contributed by atoms with Crippen molar-refractivity contribution in [1.82, 2.24) is 9.55 Å². The molecule has 2 heterocycles. The quantitative estimate of drug-likeness (QED) is 0.322. The van der Waals surface area contributed by atoms with E-state index in [-0.39, 0.29) is 8.85 Å². The molecule has 0 bridgehead atoms. The third-order valence-corrected chi connectivity index (χ3v) is 6.57. The molecule has 3 nitrogen and oxygen atoms in total. The van der Waals surface area contributed by atoms with Crippen LogP contribution in [0.25, 0.3) is 28.0 Å². The van der Waals surface area contributed by atoms with Crippen molar-refractivity contribution in [2.45, 2.75) is 59.3 Å². The van der Waals surface area contributed by atoms with Crippen LogP contribution in [0.1, 0.15) is 65.6 Å². The highest BCUT2D eigenvalue weighted by atomic mass is 14.9. The Kier molecular flexibility index (Phi) is 8.82. The molecule has 0 atom stereocenters. The van der Waals surface area contributed by atoms with Gasteiger partial charge in [0.1, 0.15) is 0 Å². The van der Waals surface area contributed by atoms with Crippen LogP contribution >= 0.6 is 0 Å². The number of benzene rings is 1. The molecule has 3 heteroatoms. The molecular weight excluding hydrogens is 402 g/mol. The van der Waals surface area contributed by atoms with Gasteiger partial charge in [0.2, 0.25) is 0 Å². The Morgan fingerprint density at radius 1 is 1.12 bits per heavy atom. The minimum absolute atomic E-state index is 0. The lowest BCUT2D eigenvalue weighted by Gasteiger charge is -2.15. The highest BCUT2D eigenvalue weighted by molar-refractivity contribution is 6.10. The molecule has 1 aliphatic rings. The summed E-state index contributed by atoms with van der Waals surface area (Å²) in [6.07, 6.45) is 17.3. The molecule has 176 valence electrons. The first-order valence-corrected chi connectivity index (χ1v) is 12.0. The van der Waals surface area contributed by atoms with Crippen molar-refractivity contribution < 1.29 is 1.43 Å². The highest BCUT2D eigenvalue weighted by Gasteiger charge is 2.17. The van der Waals surface area contributed by atoms with Gasteiger partial charge in [-0.1, -0.05) is 70.4 Å². The van der Waals surface area contributed by atoms with E-state index < -0.39 is 0 Å². The van der Waals surface area contributed by atoms with Gasteiger partial charge in [-0.2, -0.15) is 0 Å². The topological polar surface area (TPSA) is 30.2 Å². The number of allylic oxidation sites excluding steroid dienone is 2. The van der Waals surface area contributed by atoms with Crippen LogP contribution in [0.3, 0.4) is 0 Å². The maximum Gasteiger partial charge on any atom is 0.0705 e. The fraction of sp³-hybridized carbons (Fsp3) is 0.400. The van der Waals surface area contributed by atoms with Crippen LogP contribution < -0.4 is 0 Å². The van der Waals surface area contributed by atoms with E-state index in [1.54, 1.807) is 0 Å². The zero-order valence-corrected chi connectivity index (χ0v) is 19.7. The van der Waals surface area contributed by atoms with Crippen LogP contribution in [0, 0.1) is 5.92 Å². The van der Waals surface area contributed by atoms with Crippen LogP contribution in [0.15, 0.2) is 65.9 Å². The molecule has 0 amide bonds. The van der Waals surface area contributed by atoms with E-state index in [1.807, 2.05) is 13.3 Å². The van der Waals surface area contributed by atoms with Crippen molar-refractivity contribution in [1.29, 1.82) is 0 Å².